The molecule has 0 bridgehead atoms. The van der Waals surface area contributed by atoms with Gasteiger partial charge in [0, 0.05) is 24.5 Å². The standard InChI is InChI=1S/C14H18N2OS/c1-17-9-7-11-2-4-12(5-3-11)13-10-18-14(16-13)6-8-15/h2-5,10H,6-9,15H2,1H3. The van der Waals surface area contributed by atoms with Gasteiger partial charge in [0.25, 0.3) is 0 Å². The first-order valence-electron chi connectivity index (χ1n) is 6.06. The Kier molecular flexibility index (Phi) is 4.87. The van der Waals surface area contributed by atoms with Crippen molar-refractivity contribution in [3.63, 3.8) is 0 Å². The van der Waals surface area contributed by atoms with Crippen LogP contribution in [0.1, 0.15) is 10.6 Å². The Hall–Kier alpha value is -1.23. The number of ether oxygens (including phenoxy) is 1. The fraction of sp³-hybridized carbons (Fsp3) is 0.357. The maximum Gasteiger partial charge on any atom is 0.0945 e. The summed E-state index contributed by atoms with van der Waals surface area (Å²) in [7, 11) is 1.72. The fourth-order valence-corrected chi connectivity index (χ4v) is 2.57. The fourth-order valence-electron chi connectivity index (χ4n) is 1.74. The van der Waals surface area contributed by atoms with Gasteiger partial charge in [0.1, 0.15) is 0 Å². The molecule has 0 saturated carbocycles. The van der Waals surface area contributed by atoms with Crippen LogP contribution in [-0.2, 0) is 17.6 Å². The number of benzene rings is 1. The lowest BCUT2D eigenvalue weighted by Crippen LogP contribution is -2.01. The van der Waals surface area contributed by atoms with Gasteiger partial charge in [-0.2, -0.15) is 0 Å². The first-order valence-corrected chi connectivity index (χ1v) is 6.94. The molecule has 0 aliphatic carbocycles. The predicted octanol–water partition coefficient (Wildman–Crippen LogP) is 2.50. The third-order valence-corrected chi connectivity index (χ3v) is 3.66. The smallest absolute Gasteiger partial charge is 0.0945 e. The lowest BCUT2D eigenvalue weighted by Gasteiger charge is -2.02. The van der Waals surface area contributed by atoms with Crippen LogP contribution in [0.4, 0.5) is 0 Å². The van der Waals surface area contributed by atoms with Crippen molar-refractivity contribution in [1.29, 1.82) is 0 Å². The van der Waals surface area contributed by atoms with E-state index in [-0.39, 0.29) is 0 Å². The van der Waals surface area contributed by atoms with Gasteiger partial charge < -0.3 is 10.5 Å². The monoisotopic (exact) mass is 262 g/mol. The molecule has 0 aliphatic heterocycles. The van der Waals surface area contributed by atoms with Crippen molar-refractivity contribution in [2.45, 2.75) is 12.8 Å². The molecule has 0 amide bonds. The number of nitrogens with zero attached hydrogens (tertiary/aromatic N) is 1. The summed E-state index contributed by atoms with van der Waals surface area (Å²) in [5.41, 5.74) is 9.03. The van der Waals surface area contributed by atoms with Crippen LogP contribution in [-0.4, -0.2) is 25.2 Å². The number of aromatic nitrogens is 1. The molecule has 0 atom stereocenters. The molecular weight excluding hydrogens is 244 g/mol. The molecule has 3 nitrogen and oxygen atoms in total. The number of nitrogens with two attached hydrogens (primary N) is 1. The van der Waals surface area contributed by atoms with E-state index in [1.165, 1.54) is 5.56 Å². The van der Waals surface area contributed by atoms with Gasteiger partial charge in [0.2, 0.25) is 0 Å². The SMILES string of the molecule is COCCc1ccc(-c2csc(CCN)n2)cc1. The lowest BCUT2D eigenvalue weighted by atomic mass is 10.1. The summed E-state index contributed by atoms with van der Waals surface area (Å²) in [5.74, 6) is 0. The van der Waals surface area contributed by atoms with E-state index in [9.17, 15) is 0 Å². The topological polar surface area (TPSA) is 48.1 Å². The molecule has 0 fully saturated rings. The molecule has 4 heteroatoms. The van der Waals surface area contributed by atoms with Crippen LogP contribution >= 0.6 is 11.3 Å². The molecule has 0 radical (unpaired) electrons. The molecule has 1 heterocycles. The highest BCUT2D eigenvalue weighted by molar-refractivity contribution is 7.09. The van der Waals surface area contributed by atoms with E-state index in [4.69, 9.17) is 10.5 Å². The quantitative estimate of drug-likeness (QED) is 0.870. The lowest BCUT2D eigenvalue weighted by molar-refractivity contribution is 0.202. The van der Waals surface area contributed by atoms with Gasteiger partial charge in [-0.15, -0.1) is 11.3 Å². The van der Waals surface area contributed by atoms with Crippen molar-refractivity contribution in [2.75, 3.05) is 20.3 Å². The molecule has 1 aromatic carbocycles. The highest BCUT2D eigenvalue weighted by Gasteiger charge is 2.04. The zero-order valence-corrected chi connectivity index (χ0v) is 11.4. The van der Waals surface area contributed by atoms with Gasteiger partial charge in [-0.3, -0.25) is 0 Å². The second kappa shape index (κ2) is 6.64. The summed E-state index contributed by atoms with van der Waals surface area (Å²) in [6.45, 7) is 1.42. The molecule has 2 aromatic rings. The van der Waals surface area contributed by atoms with Crippen molar-refractivity contribution < 1.29 is 4.74 Å². The van der Waals surface area contributed by atoms with Crippen molar-refractivity contribution in [2.24, 2.45) is 5.73 Å². The predicted molar refractivity (Wildman–Crippen MR) is 75.9 cm³/mol. The Morgan fingerprint density at radius 3 is 2.67 bits per heavy atom. The zero-order valence-electron chi connectivity index (χ0n) is 10.6. The highest BCUT2D eigenvalue weighted by Crippen LogP contribution is 2.22. The van der Waals surface area contributed by atoms with E-state index in [2.05, 4.69) is 34.6 Å². The van der Waals surface area contributed by atoms with Gasteiger partial charge in [0.15, 0.2) is 0 Å². The van der Waals surface area contributed by atoms with Gasteiger partial charge in [0.05, 0.1) is 17.3 Å². The largest absolute Gasteiger partial charge is 0.384 e. The van der Waals surface area contributed by atoms with Gasteiger partial charge >= 0.3 is 0 Å². The van der Waals surface area contributed by atoms with Crippen molar-refractivity contribution in [3.05, 3.63) is 40.2 Å². The molecule has 0 saturated heterocycles. The average molecular weight is 262 g/mol. The summed E-state index contributed by atoms with van der Waals surface area (Å²) >= 11 is 1.68. The zero-order chi connectivity index (χ0) is 12.8. The Balaban J connectivity index is 2.07. The molecule has 2 N–H and O–H groups in total. The third-order valence-electron chi connectivity index (χ3n) is 2.75. The molecule has 0 spiro atoms. The molecule has 96 valence electrons. The van der Waals surface area contributed by atoms with E-state index in [0.29, 0.717) is 6.54 Å². The number of methoxy groups -OCH3 is 1. The Bertz CT molecular complexity index is 479. The van der Waals surface area contributed by atoms with Crippen LogP contribution in [0.15, 0.2) is 29.6 Å². The van der Waals surface area contributed by atoms with Gasteiger partial charge in [-0.05, 0) is 18.5 Å². The maximum atomic E-state index is 5.53. The van der Waals surface area contributed by atoms with Crippen LogP contribution in [0.3, 0.4) is 0 Å². The first-order chi connectivity index (χ1) is 8.83. The molecule has 0 unspecified atom stereocenters. The minimum absolute atomic E-state index is 0.656. The molecular formula is C14H18N2OS. The molecule has 1 aromatic heterocycles. The van der Waals surface area contributed by atoms with E-state index in [1.54, 1.807) is 18.4 Å². The number of thiazole rings is 1. The highest BCUT2D eigenvalue weighted by atomic mass is 32.1. The number of hydrogen-bond donors (Lipinski definition) is 1. The Labute approximate surface area is 112 Å². The van der Waals surface area contributed by atoms with Crippen LogP contribution in [0.2, 0.25) is 0 Å². The normalized spacial score (nSPS) is 10.8. The van der Waals surface area contributed by atoms with E-state index in [0.717, 1.165) is 35.7 Å². The van der Waals surface area contributed by atoms with Crippen LogP contribution in [0.25, 0.3) is 11.3 Å². The summed E-state index contributed by atoms with van der Waals surface area (Å²) in [5, 5.41) is 3.20. The van der Waals surface area contributed by atoms with Crippen molar-refractivity contribution in [3.8, 4) is 11.3 Å². The maximum absolute atomic E-state index is 5.53. The van der Waals surface area contributed by atoms with Crippen molar-refractivity contribution >= 4 is 11.3 Å². The van der Waals surface area contributed by atoms with Gasteiger partial charge in [-0.1, -0.05) is 24.3 Å². The van der Waals surface area contributed by atoms with Crippen molar-refractivity contribution in [1.82, 2.24) is 4.98 Å². The van der Waals surface area contributed by atoms with E-state index in [1.807, 2.05) is 0 Å². The molecule has 18 heavy (non-hydrogen) atoms. The van der Waals surface area contributed by atoms with Crippen LogP contribution in [0.5, 0.6) is 0 Å². The minimum Gasteiger partial charge on any atom is -0.384 e. The van der Waals surface area contributed by atoms with Crippen LogP contribution in [0, 0.1) is 0 Å². The first kappa shape index (κ1) is 13.2. The number of rotatable bonds is 6. The molecule has 2 rings (SSSR count). The van der Waals surface area contributed by atoms with E-state index >= 15 is 0 Å². The molecule has 0 aliphatic rings. The van der Waals surface area contributed by atoms with Gasteiger partial charge in [-0.25, -0.2) is 4.98 Å². The Morgan fingerprint density at radius 1 is 1.22 bits per heavy atom. The summed E-state index contributed by atoms with van der Waals surface area (Å²) in [4.78, 5) is 4.58. The minimum atomic E-state index is 0.656. The van der Waals surface area contributed by atoms with E-state index < -0.39 is 0 Å². The summed E-state index contributed by atoms with van der Waals surface area (Å²) in [6, 6.07) is 8.51. The second-order valence-electron chi connectivity index (χ2n) is 4.10. The Morgan fingerprint density at radius 2 is 2.00 bits per heavy atom. The average Bonchev–Trinajstić information content (AvgIpc) is 2.86. The second-order valence-corrected chi connectivity index (χ2v) is 5.05. The summed E-state index contributed by atoms with van der Waals surface area (Å²) in [6.07, 6.45) is 1.81. The third kappa shape index (κ3) is 3.38. The van der Waals surface area contributed by atoms with Crippen LogP contribution < -0.4 is 5.73 Å². The summed E-state index contributed by atoms with van der Waals surface area (Å²) < 4.78 is 5.07. The number of hydrogen-bond acceptors (Lipinski definition) is 4.